The maximum Gasteiger partial charge on any atom is 0.116 e. The lowest BCUT2D eigenvalue weighted by Crippen LogP contribution is -1.44. The second kappa shape index (κ2) is 5.88. The highest BCUT2D eigenvalue weighted by Gasteiger charge is 1.56. The van der Waals surface area contributed by atoms with E-state index >= 15 is 0 Å². The molecule has 3 nitrogen and oxygen atoms in total. The van der Waals surface area contributed by atoms with Gasteiger partial charge in [-0.3, -0.25) is 0 Å². The second-order valence-corrected chi connectivity index (χ2v) is 0.996. The van der Waals surface area contributed by atoms with Crippen molar-refractivity contribution in [2.45, 2.75) is 6.92 Å². The molecule has 8 heavy (non-hydrogen) atoms. The Kier molecular flexibility index (Phi) is 5.06. The molecule has 0 saturated heterocycles. The van der Waals surface area contributed by atoms with Crippen molar-refractivity contribution >= 4 is 6.29 Å². The van der Waals surface area contributed by atoms with Crippen molar-refractivity contribution in [2.24, 2.45) is 0 Å². The Morgan fingerprint density at radius 2 is 2.38 bits per heavy atom. The first-order valence-electron chi connectivity index (χ1n) is 2.24. The molecule has 0 aliphatic rings. The van der Waals surface area contributed by atoms with E-state index in [1.54, 1.807) is 18.7 Å². The molecular formula is C5H8N2O. The molecule has 0 radical (unpaired) electrons. The van der Waals surface area contributed by atoms with Crippen LogP contribution in [0.1, 0.15) is 6.92 Å². The van der Waals surface area contributed by atoms with Crippen LogP contribution in [0.4, 0.5) is 0 Å². The number of aldehydes is 1. The minimum absolute atomic E-state index is 0.750. The molecule has 0 amide bonds. The van der Waals surface area contributed by atoms with E-state index in [-0.39, 0.29) is 0 Å². The summed E-state index contributed by atoms with van der Waals surface area (Å²) in [5.41, 5.74) is 0. The fraction of sp³-hybridized carbons (Fsp3) is 0.200. The van der Waals surface area contributed by atoms with Crippen molar-refractivity contribution in [2.75, 3.05) is 0 Å². The Bertz CT molecular complexity index is 96.8. The summed E-state index contributed by atoms with van der Waals surface area (Å²) in [5.74, 6) is 0. The van der Waals surface area contributed by atoms with Crippen LogP contribution in [0.2, 0.25) is 0 Å². The van der Waals surface area contributed by atoms with Gasteiger partial charge in [-0.2, -0.15) is 0 Å². The van der Waals surface area contributed by atoms with Crippen LogP contribution in [0.5, 0.6) is 0 Å². The van der Waals surface area contributed by atoms with Crippen LogP contribution in [0.25, 0.3) is 0 Å². The monoisotopic (exact) mass is 112 g/mol. The molecule has 1 N–H and O–H groups in total. The van der Waals surface area contributed by atoms with Gasteiger partial charge in [0.15, 0.2) is 0 Å². The average molecular weight is 112 g/mol. The van der Waals surface area contributed by atoms with E-state index in [0.29, 0.717) is 0 Å². The number of H-pyrrole nitrogens is 1. The zero-order valence-corrected chi connectivity index (χ0v) is 4.66. The summed E-state index contributed by atoms with van der Waals surface area (Å²) < 4.78 is 0. The first-order valence-corrected chi connectivity index (χ1v) is 2.24. The number of imidazole rings is 1. The molecule has 0 spiro atoms. The third-order valence-electron chi connectivity index (χ3n) is 0.406. The van der Waals surface area contributed by atoms with Gasteiger partial charge in [0.05, 0.1) is 6.33 Å². The third-order valence-corrected chi connectivity index (χ3v) is 0.406. The van der Waals surface area contributed by atoms with Gasteiger partial charge in [-0.15, -0.1) is 0 Å². The van der Waals surface area contributed by atoms with E-state index < -0.39 is 0 Å². The SMILES string of the molecule is CC=O.c1c[nH]cn1. The van der Waals surface area contributed by atoms with E-state index in [9.17, 15) is 0 Å². The fourth-order valence-corrected chi connectivity index (χ4v) is 0.215. The topological polar surface area (TPSA) is 45.8 Å². The summed E-state index contributed by atoms with van der Waals surface area (Å²) in [6.45, 7) is 1.44. The van der Waals surface area contributed by atoms with E-state index in [1.165, 1.54) is 6.92 Å². The summed E-state index contributed by atoms with van der Waals surface area (Å²) >= 11 is 0. The Morgan fingerprint density at radius 1 is 1.75 bits per heavy atom. The van der Waals surface area contributed by atoms with Gasteiger partial charge in [0.1, 0.15) is 6.29 Å². The van der Waals surface area contributed by atoms with Gasteiger partial charge >= 0.3 is 0 Å². The highest BCUT2D eigenvalue weighted by Crippen LogP contribution is 1.62. The van der Waals surface area contributed by atoms with Crippen LogP contribution in [0.15, 0.2) is 18.7 Å². The summed E-state index contributed by atoms with van der Waals surface area (Å²) in [7, 11) is 0. The summed E-state index contributed by atoms with van der Waals surface area (Å²) in [6, 6.07) is 0. The number of aromatic nitrogens is 2. The van der Waals surface area contributed by atoms with Gasteiger partial charge in [0.2, 0.25) is 0 Å². The van der Waals surface area contributed by atoms with Gasteiger partial charge < -0.3 is 9.78 Å². The summed E-state index contributed by atoms with van der Waals surface area (Å²) in [5, 5.41) is 0. The van der Waals surface area contributed by atoms with Gasteiger partial charge in [-0.25, -0.2) is 4.98 Å². The Balaban J connectivity index is 0.000000145. The molecule has 3 heteroatoms. The lowest BCUT2D eigenvalue weighted by molar-refractivity contribution is -0.106. The van der Waals surface area contributed by atoms with Gasteiger partial charge in [-0.1, -0.05) is 0 Å². The van der Waals surface area contributed by atoms with Crippen molar-refractivity contribution in [1.82, 2.24) is 9.97 Å². The largest absolute Gasteiger partial charge is 0.351 e. The van der Waals surface area contributed by atoms with E-state index in [4.69, 9.17) is 4.79 Å². The molecule has 1 rings (SSSR count). The summed E-state index contributed by atoms with van der Waals surface area (Å²) in [6.07, 6.45) is 5.83. The molecule has 0 fully saturated rings. The number of nitrogens with zero attached hydrogens (tertiary/aromatic N) is 1. The Hall–Kier alpha value is -1.12. The molecular weight excluding hydrogens is 104 g/mol. The number of carbonyl (C=O) groups is 1. The number of carbonyl (C=O) groups excluding carboxylic acids is 1. The summed E-state index contributed by atoms with van der Waals surface area (Å²) in [4.78, 5) is 15.2. The molecule has 1 aromatic rings. The second-order valence-electron chi connectivity index (χ2n) is 0.996. The van der Waals surface area contributed by atoms with Gasteiger partial charge in [-0.05, 0) is 6.92 Å². The number of aromatic amines is 1. The van der Waals surface area contributed by atoms with Crippen LogP contribution in [-0.4, -0.2) is 16.3 Å². The van der Waals surface area contributed by atoms with E-state index in [2.05, 4.69) is 9.97 Å². The minimum atomic E-state index is 0.750. The van der Waals surface area contributed by atoms with Crippen LogP contribution in [-0.2, 0) is 4.79 Å². The van der Waals surface area contributed by atoms with Crippen LogP contribution >= 0.6 is 0 Å². The number of nitrogens with one attached hydrogen (secondary N) is 1. The standard InChI is InChI=1S/C3H4N2.C2H4O/c1-2-5-3-4-1;1-2-3/h1-3H,(H,4,5);2H,1H3. The first-order chi connectivity index (χ1) is 3.91. The Labute approximate surface area is 47.8 Å². The maximum absolute atomic E-state index is 8.81. The highest BCUT2D eigenvalue weighted by molar-refractivity contribution is 5.44. The fourth-order valence-electron chi connectivity index (χ4n) is 0.215. The van der Waals surface area contributed by atoms with Gasteiger partial charge in [0.25, 0.3) is 0 Å². The van der Waals surface area contributed by atoms with Crippen LogP contribution < -0.4 is 0 Å². The predicted molar refractivity (Wildman–Crippen MR) is 30.3 cm³/mol. The third kappa shape index (κ3) is 4.88. The van der Waals surface area contributed by atoms with E-state index in [0.717, 1.165) is 6.29 Å². The smallest absolute Gasteiger partial charge is 0.116 e. The van der Waals surface area contributed by atoms with Crippen LogP contribution in [0.3, 0.4) is 0 Å². The van der Waals surface area contributed by atoms with E-state index in [1.807, 2.05) is 0 Å². The molecule has 0 saturated carbocycles. The minimum Gasteiger partial charge on any atom is -0.351 e. The van der Waals surface area contributed by atoms with Crippen molar-refractivity contribution < 1.29 is 4.79 Å². The molecule has 44 valence electrons. The molecule has 0 aliphatic heterocycles. The molecule has 1 aromatic heterocycles. The molecule has 0 aromatic carbocycles. The molecule has 1 heterocycles. The van der Waals surface area contributed by atoms with Gasteiger partial charge in [0, 0.05) is 12.4 Å². The molecule has 0 bridgehead atoms. The number of hydrogen-bond donors (Lipinski definition) is 1. The number of rotatable bonds is 0. The lowest BCUT2D eigenvalue weighted by atomic mass is 11.0. The van der Waals surface area contributed by atoms with Crippen molar-refractivity contribution in [3.05, 3.63) is 18.7 Å². The van der Waals surface area contributed by atoms with Crippen LogP contribution in [0, 0.1) is 0 Å². The average Bonchev–Trinajstić information content (AvgIpc) is 2.17. The van der Waals surface area contributed by atoms with Crippen molar-refractivity contribution in [3.63, 3.8) is 0 Å². The lowest BCUT2D eigenvalue weighted by Gasteiger charge is -1.46. The highest BCUT2D eigenvalue weighted by atomic mass is 16.1. The quantitative estimate of drug-likeness (QED) is 0.500. The molecule has 0 atom stereocenters. The first kappa shape index (κ1) is 6.88. The zero-order valence-electron chi connectivity index (χ0n) is 4.66. The molecule has 0 unspecified atom stereocenters. The maximum atomic E-state index is 8.81. The zero-order chi connectivity index (χ0) is 6.24. The van der Waals surface area contributed by atoms with Crippen molar-refractivity contribution in [3.8, 4) is 0 Å². The molecule has 0 aliphatic carbocycles. The number of hydrogen-bond acceptors (Lipinski definition) is 2. The predicted octanol–water partition coefficient (Wildman–Crippen LogP) is 0.615. The Morgan fingerprint density at radius 3 is 2.50 bits per heavy atom. The van der Waals surface area contributed by atoms with Crippen molar-refractivity contribution in [1.29, 1.82) is 0 Å². The normalized spacial score (nSPS) is 6.62.